The molecule has 1 aliphatic rings. The van der Waals surface area contributed by atoms with Crippen molar-refractivity contribution in [2.24, 2.45) is 0 Å². The molecule has 0 unspecified atom stereocenters. The maximum atomic E-state index is 12.5. The number of ether oxygens (including phenoxy) is 3. The molecule has 5 heteroatoms. The second-order valence-electron chi connectivity index (χ2n) is 5.71. The van der Waals surface area contributed by atoms with Crippen LogP contribution in [-0.4, -0.2) is 27.2 Å². The largest absolute Gasteiger partial charge is 0.493 e. The van der Waals surface area contributed by atoms with Gasteiger partial charge in [0.1, 0.15) is 0 Å². The van der Waals surface area contributed by atoms with Gasteiger partial charge in [-0.1, -0.05) is 6.07 Å². The Bertz CT molecular complexity index is 745. The average Bonchev–Trinajstić information content (AvgIpc) is 3.08. The van der Waals surface area contributed by atoms with Gasteiger partial charge in [0, 0.05) is 23.4 Å². The number of nitrogens with one attached hydrogen (secondary N) is 1. The van der Waals surface area contributed by atoms with E-state index in [-0.39, 0.29) is 5.91 Å². The molecule has 0 saturated heterocycles. The first kappa shape index (κ1) is 16.2. The monoisotopic (exact) mass is 327 g/mol. The Morgan fingerprint density at radius 2 is 1.58 bits per heavy atom. The number of amides is 1. The third-order valence-corrected chi connectivity index (χ3v) is 4.28. The van der Waals surface area contributed by atoms with E-state index in [9.17, 15) is 4.79 Å². The molecule has 1 amide bonds. The van der Waals surface area contributed by atoms with E-state index in [1.165, 1.54) is 11.1 Å². The molecule has 0 radical (unpaired) electrons. The summed E-state index contributed by atoms with van der Waals surface area (Å²) in [4.78, 5) is 12.5. The van der Waals surface area contributed by atoms with Crippen LogP contribution >= 0.6 is 0 Å². The van der Waals surface area contributed by atoms with Gasteiger partial charge in [0.15, 0.2) is 11.5 Å². The van der Waals surface area contributed by atoms with Gasteiger partial charge in [0.2, 0.25) is 5.75 Å². The summed E-state index contributed by atoms with van der Waals surface area (Å²) in [5.41, 5.74) is 3.87. The van der Waals surface area contributed by atoms with E-state index >= 15 is 0 Å². The lowest BCUT2D eigenvalue weighted by molar-refractivity contribution is 0.102. The van der Waals surface area contributed by atoms with Crippen LogP contribution in [-0.2, 0) is 12.8 Å². The first-order valence-corrected chi connectivity index (χ1v) is 7.89. The van der Waals surface area contributed by atoms with E-state index in [4.69, 9.17) is 14.2 Å². The zero-order valence-electron chi connectivity index (χ0n) is 14.1. The van der Waals surface area contributed by atoms with Gasteiger partial charge < -0.3 is 19.5 Å². The summed E-state index contributed by atoms with van der Waals surface area (Å²) in [5.74, 6) is 1.34. The Hall–Kier alpha value is -2.69. The van der Waals surface area contributed by atoms with E-state index < -0.39 is 0 Å². The second kappa shape index (κ2) is 6.83. The number of carbonyl (C=O) groups excluding carboxylic acids is 1. The van der Waals surface area contributed by atoms with Crippen molar-refractivity contribution >= 4 is 11.6 Å². The van der Waals surface area contributed by atoms with E-state index in [1.54, 1.807) is 33.5 Å². The summed E-state index contributed by atoms with van der Waals surface area (Å²) in [6.45, 7) is 0. The first-order valence-electron chi connectivity index (χ1n) is 7.89. The summed E-state index contributed by atoms with van der Waals surface area (Å²) in [7, 11) is 4.63. The van der Waals surface area contributed by atoms with Crippen LogP contribution in [0.2, 0.25) is 0 Å². The van der Waals surface area contributed by atoms with Crippen LogP contribution in [0.4, 0.5) is 5.69 Å². The molecule has 5 nitrogen and oxygen atoms in total. The Balaban J connectivity index is 1.86. The third kappa shape index (κ3) is 3.02. The van der Waals surface area contributed by atoms with Gasteiger partial charge >= 0.3 is 0 Å². The smallest absolute Gasteiger partial charge is 0.255 e. The van der Waals surface area contributed by atoms with E-state index in [2.05, 4.69) is 5.32 Å². The van der Waals surface area contributed by atoms with Crippen molar-refractivity contribution in [2.75, 3.05) is 26.6 Å². The number of anilines is 1. The fourth-order valence-corrected chi connectivity index (χ4v) is 3.07. The molecule has 0 spiro atoms. The highest BCUT2D eigenvalue weighted by Gasteiger charge is 2.17. The number of rotatable bonds is 5. The highest BCUT2D eigenvalue weighted by molar-refractivity contribution is 6.04. The normalized spacial score (nSPS) is 12.5. The van der Waals surface area contributed by atoms with Crippen LogP contribution in [0.1, 0.15) is 27.9 Å². The van der Waals surface area contributed by atoms with Crippen molar-refractivity contribution in [3.05, 3.63) is 47.0 Å². The summed E-state index contributed by atoms with van der Waals surface area (Å²) in [6, 6.07) is 9.33. The van der Waals surface area contributed by atoms with Gasteiger partial charge in [0.25, 0.3) is 5.91 Å². The van der Waals surface area contributed by atoms with E-state index in [0.29, 0.717) is 28.5 Å². The van der Waals surface area contributed by atoms with Crippen molar-refractivity contribution < 1.29 is 19.0 Å². The summed E-state index contributed by atoms with van der Waals surface area (Å²) in [5, 5.41) is 2.90. The fraction of sp³-hybridized carbons (Fsp3) is 0.316. The molecule has 24 heavy (non-hydrogen) atoms. The summed E-state index contributed by atoms with van der Waals surface area (Å²) < 4.78 is 15.9. The molecule has 0 bridgehead atoms. The average molecular weight is 327 g/mol. The van der Waals surface area contributed by atoms with Crippen molar-refractivity contribution in [2.45, 2.75) is 19.3 Å². The lowest BCUT2D eigenvalue weighted by atomic mass is 10.1. The standard InChI is InChI=1S/C19H21NO4/c1-22-16-10-15(11-17(23-2)18(16)24-3)20-19(21)14-8-7-12-5-4-6-13(12)9-14/h7-11H,4-6H2,1-3H3,(H,20,21). The molecule has 0 fully saturated rings. The molecule has 0 saturated carbocycles. The van der Waals surface area contributed by atoms with Crippen molar-refractivity contribution in [3.8, 4) is 17.2 Å². The van der Waals surface area contributed by atoms with Crippen LogP contribution in [0, 0.1) is 0 Å². The molecule has 3 rings (SSSR count). The van der Waals surface area contributed by atoms with Crippen LogP contribution in [0.3, 0.4) is 0 Å². The molecule has 0 aliphatic heterocycles. The molecule has 126 valence electrons. The Kier molecular flexibility index (Phi) is 4.60. The molecule has 0 atom stereocenters. The highest BCUT2D eigenvalue weighted by atomic mass is 16.5. The minimum absolute atomic E-state index is 0.154. The Morgan fingerprint density at radius 1 is 0.917 bits per heavy atom. The SMILES string of the molecule is COc1cc(NC(=O)c2ccc3c(c2)CCC3)cc(OC)c1OC. The number of carbonyl (C=O) groups is 1. The Labute approximate surface area is 141 Å². The van der Waals surface area contributed by atoms with Crippen LogP contribution < -0.4 is 19.5 Å². The molecule has 1 aliphatic carbocycles. The zero-order valence-corrected chi connectivity index (χ0v) is 14.1. The summed E-state index contributed by atoms with van der Waals surface area (Å²) in [6.07, 6.45) is 3.30. The van der Waals surface area contributed by atoms with Gasteiger partial charge in [-0.3, -0.25) is 4.79 Å². The molecule has 2 aromatic rings. The highest BCUT2D eigenvalue weighted by Crippen LogP contribution is 2.40. The van der Waals surface area contributed by atoms with Gasteiger partial charge in [-0.15, -0.1) is 0 Å². The van der Waals surface area contributed by atoms with Gasteiger partial charge in [-0.2, -0.15) is 0 Å². The van der Waals surface area contributed by atoms with Crippen molar-refractivity contribution in [1.29, 1.82) is 0 Å². The zero-order chi connectivity index (χ0) is 17.1. The lowest BCUT2D eigenvalue weighted by Crippen LogP contribution is -2.12. The maximum absolute atomic E-state index is 12.5. The van der Waals surface area contributed by atoms with Gasteiger partial charge in [-0.25, -0.2) is 0 Å². The van der Waals surface area contributed by atoms with Crippen molar-refractivity contribution in [1.82, 2.24) is 0 Å². The number of hydrogen-bond donors (Lipinski definition) is 1. The minimum Gasteiger partial charge on any atom is -0.493 e. The molecule has 2 aromatic carbocycles. The van der Waals surface area contributed by atoms with Crippen LogP contribution in [0.25, 0.3) is 0 Å². The third-order valence-electron chi connectivity index (χ3n) is 4.28. The summed E-state index contributed by atoms with van der Waals surface area (Å²) >= 11 is 0. The van der Waals surface area contributed by atoms with E-state index in [0.717, 1.165) is 19.3 Å². The molecule has 0 heterocycles. The topological polar surface area (TPSA) is 56.8 Å². The second-order valence-corrected chi connectivity index (χ2v) is 5.71. The fourth-order valence-electron chi connectivity index (χ4n) is 3.07. The molecular weight excluding hydrogens is 306 g/mol. The van der Waals surface area contributed by atoms with Gasteiger partial charge in [0.05, 0.1) is 21.3 Å². The van der Waals surface area contributed by atoms with Crippen LogP contribution in [0.15, 0.2) is 30.3 Å². The Morgan fingerprint density at radius 3 is 2.21 bits per heavy atom. The lowest BCUT2D eigenvalue weighted by Gasteiger charge is -2.14. The van der Waals surface area contributed by atoms with Gasteiger partial charge in [-0.05, 0) is 42.5 Å². The number of benzene rings is 2. The first-order chi connectivity index (χ1) is 11.7. The van der Waals surface area contributed by atoms with Crippen molar-refractivity contribution in [3.63, 3.8) is 0 Å². The maximum Gasteiger partial charge on any atom is 0.255 e. The molecule has 0 aromatic heterocycles. The minimum atomic E-state index is -0.154. The number of hydrogen-bond acceptors (Lipinski definition) is 4. The molecular formula is C19H21NO4. The van der Waals surface area contributed by atoms with Crippen LogP contribution in [0.5, 0.6) is 17.2 Å². The predicted octanol–water partition coefficient (Wildman–Crippen LogP) is 3.45. The predicted molar refractivity (Wildman–Crippen MR) is 92.5 cm³/mol. The van der Waals surface area contributed by atoms with E-state index in [1.807, 2.05) is 18.2 Å². The number of aryl methyl sites for hydroxylation is 2. The number of fused-ring (bicyclic) bond motifs is 1. The molecule has 1 N–H and O–H groups in total. The quantitative estimate of drug-likeness (QED) is 0.914. The number of methoxy groups -OCH3 is 3.